The monoisotopic (exact) mass is 222 g/mol. The van der Waals surface area contributed by atoms with E-state index in [2.05, 4.69) is 0 Å². The summed E-state index contributed by atoms with van der Waals surface area (Å²) in [6, 6.07) is 4.22. The van der Waals surface area contributed by atoms with Crippen LogP contribution in [0.15, 0.2) is 27.4 Å². The number of hydrogen-bond donors (Lipinski definition) is 1. The third-order valence-electron chi connectivity index (χ3n) is 2.24. The van der Waals surface area contributed by atoms with Crippen molar-refractivity contribution in [2.45, 2.75) is 0 Å². The molecule has 84 valence electrons. The molecule has 0 amide bonds. The minimum atomic E-state index is -0.642. The molecule has 1 aromatic heterocycles. The van der Waals surface area contributed by atoms with Gasteiger partial charge in [-0.05, 0) is 12.1 Å². The summed E-state index contributed by atoms with van der Waals surface area (Å²) in [6.07, 6.45) is 0. The zero-order chi connectivity index (χ0) is 11.7. The number of rotatable bonds is 2. The van der Waals surface area contributed by atoms with Crippen molar-refractivity contribution in [2.24, 2.45) is 0 Å². The van der Waals surface area contributed by atoms with Gasteiger partial charge in [0.25, 0.3) is 0 Å². The van der Waals surface area contributed by atoms with E-state index in [9.17, 15) is 9.90 Å². The molecule has 0 spiro atoms. The van der Waals surface area contributed by atoms with Gasteiger partial charge in [0.15, 0.2) is 11.3 Å². The minimum absolute atomic E-state index is 0.173. The number of methoxy groups -OCH3 is 2. The second kappa shape index (κ2) is 3.77. The average Bonchev–Trinajstić information content (AvgIpc) is 2.27. The van der Waals surface area contributed by atoms with Crippen LogP contribution < -0.4 is 15.1 Å². The third kappa shape index (κ3) is 1.46. The van der Waals surface area contributed by atoms with E-state index in [1.165, 1.54) is 14.2 Å². The van der Waals surface area contributed by atoms with E-state index in [-0.39, 0.29) is 11.3 Å². The predicted molar refractivity (Wildman–Crippen MR) is 57.3 cm³/mol. The van der Waals surface area contributed by atoms with E-state index < -0.39 is 5.63 Å². The molecule has 2 rings (SSSR count). The fraction of sp³-hybridized carbons (Fsp3) is 0.182. The van der Waals surface area contributed by atoms with Crippen LogP contribution in [0.2, 0.25) is 0 Å². The summed E-state index contributed by atoms with van der Waals surface area (Å²) in [5.74, 6) is 0.586. The molecule has 1 aromatic carbocycles. The lowest BCUT2D eigenvalue weighted by Crippen LogP contribution is -1.98. The molecule has 5 heteroatoms. The van der Waals surface area contributed by atoms with Crippen molar-refractivity contribution in [3.63, 3.8) is 0 Å². The molecule has 0 atom stereocenters. The fourth-order valence-corrected chi connectivity index (χ4v) is 1.53. The summed E-state index contributed by atoms with van der Waals surface area (Å²) in [7, 11) is 2.91. The lowest BCUT2D eigenvalue weighted by molar-refractivity contribution is 0.394. The molecular formula is C11H10O5. The Morgan fingerprint density at radius 1 is 1.19 bits per heavy atom. The number of hydrogen-bond acceptors (Lipinski definition) is 5. The molecule has 1 N–H and O–H groups in total. The minimum Gasteiger partial charge on any atom is -0.507 e. The van der Waals surface area contributed by atoms with Crippen LogP contribution in [0.4, 0.5) is 0 Å². The summed E-state index contributed by atoms with van der Waals surface area (Å²) >= 11 is 0. The second-order valence-corrected chi connectivity index (χ2v) is 3.12. The Kier molecular flexibility index (Phi) is 2.44. The normalized spacial score (nSPS) is 10.4. The standard InChI is InChI=1S/C11H10O5/c1-14-7-3-4-8(15-2)11-10(7)6(12)5-9(13)16-11/h3-5,12H,1-2H3. The van der Waals surface area contributed by atoms with Crippen LogP contribution in [-0.2, 0) is 0 Å². The zero-order valence-corrected chi connectivity index (χ0v) is 8.81. The second-order valence-electron chi connectivity index (χ2n) is 3.12. The van der Waals surface area contributed by atoms with E-state index in [1.807, 2.05) is 0 Å². The molecule has 0 aliphatic rings. The Balaban J connectivity index is 2.95. The van der Waals surface area contributed by atoms with Crippen LogP contribution >= 0.6 is 0 Å². The van der Waals surface area contributed by atoms with Crippen molar-refractivity contribution >= 4 is 11.0 Å². The molecule has 0 radical (unpaired) electrons. The van der Waals surface area contributed by atoms with Crippen molar-refractivity contribution < 1.29 is 19.0 Å². The van der Waals surface area contributed by atoms with Crippen LogP contribution in [0.5, 0.6) is 17.2 Å². The van der Waals surface area contributed by atoms with E-state index in [0.717, 1.165) is 6.07 Å². The first-order valence-electron chi connectivity index (χ1n) is 4.55. The molecular weight excluding hydrogens is 212 g/mol. The van der Waals surface area contributed by atoms with Crippen LogP contribution in [0.3, 0.4) is 0 Å². The highest BCUT2D eigenvalue weighted by molar-refractivity contribution is 5.93. The largest absolute Gasteiger partial charge is 0.507 e. The Morgan fingerprint density at radius 3 is 2.44 bits per heavy atom. The van der Waals surface area contributed by atoms with Crippen LogP contribution in [-0.4, -0.2) is 19.3 Å². The maximum atomic E-state index is 11.1. The number of aromatic hydroxyl groups is 1. The smallest absolute Gasteiger partial charge is 0.340 e. The zero-order valence-electron chi connectivity index (χ0n) is 8.81. The van der Waals surface area contributed by atoms with Gasteiger partial charge in [-0.3, -0.25) is 0 Å². The van der Waals surface area contributed by atoms with Gasteiger partial charge in [-0.25, -0.2) is 4.79 Å². The summed E-state index contributed by atoms with van der Waals surface area (Å²) in [4.78, 5) is 11.1. The molecule has 2 aromatic rings. The first-order valence-corrected chi connectivity index (χ1v) is 4.55. The van der Waals surface area contributed by atoms with Gasteiger partial charge in [0.05, 0.1) is 20.3 Å². The van der Waals surface area contributed by atoms with Gasteiger partial charge in [0.2, 0.25) is 0 Å². The highest BCUT2D eigenvalue weighted by Crippen LogP contribution is 2.37. The SMILES string of the molecule is COc1ccc(OC)c2c(O)cc(=O)oc12. The number of benzene rings is 1. The molecule has 0 fully saturated rings. The van der Waals surface area contributed by atoms with E-state index in [1.54, 1.807) is 12.1 Å². The lowest BCUT2D eigenvalue weighted by atomic mass is 10.2. The maximum absolute atomic E-state index is 11.1. The molecule has 0 bridgehead atoms. The molecule has 0 aliphatic heterocycles. The summed E-state index contributed by atoms with van der Waals surface area (Å²) < 4.78 is 15.1. The third-order valence-corrected chi connectivity index (χ3v) is 2.24. The van der Waals surface area contributed by atoms with E-state index in [0.29, 0.717) is 16.9 Å². The van der Waals surface area contributed by atoms with Crippen molar-refractivity contribution in [2.75, 3.05) is 14.2 Å². The van der Waals surface area contributed by atoms with Crippen molar-refractivity contribution in [1.82, 2.24) is 0 Å². The first kappa shape index (κ1) is 10.4. The van der Waals surface area contributed by atoms with Crippen LogP contribution in [0, 0.1) is 0 Å². The van der Waals surface area contributed by atoms with Gasteiger partial charge in [-0.15, -0.1) is 0 Å². The van der Waals surface area contributed by atoms with E-state index in [4.69, 9.17) is 13.9 Å². The van der Waals surface area contributed by atoms with Crippen LogP contribution in [0.1, 0.15) is 0 Å². The van der Waals surface area contributed by atoms with Crippen molar-refractivity contribution in [3.8, 4) is 17.2 Å². The summed E-state index contributed by atoms with van der Waals surface area (Å²) in [6.45, 7) is 0. The highest BCUT2D eigenvalue weighted by atomic mass is 16.5. The quantitative estimate of drug-likeness (QED) is 0.780. The maximum Gasteiger partial charge on any atom is 0.340 e. The van der Waals surface area contributed by atoms with Crippen molar-refractivity contribution in [1.29, 1.82) is 0 Å². The van der Waals surface area contributed by atoms with Crippen LogP contribution in [0.25, 0.3) is 11.0 Å². The molecule has 16 heavy (non-hydrogen) atoms. The Labute approximate surface area is 90.8 Å². The summed E-state index contributed by atoms with van der Waals surface area (Å²) in [5, 5.41) is 10.0. The topological polar surface area (TPSA) is 68.9 Å². The van der Waals surface area contributed by atoms with Gasteiger partial charge in [0, 0.05) is 0 Å². The first-order chi connectivity index (χ1) is 7.67. The van der Waals surface area contributed by atoms with Crippen molar-refractivity contribution in [3.05, 3.63) is 28.6 Å². The average molecular weight is 222 g/mol. The van der Waals surface area contributed by atoms with Gasteiger partial charge in [-0.1, -0.05) is 0 Å². The van der Waals surface area contributed by atoms with E-state index >= 15 is 0 Å². The van der Waals surface area contributed by atoms with Gasteiger partial charge in [-0.2, -0.15) is 0 Å². The number of ether oxygens (including phenoxy) is 2. The van der Waals surface area contributed by atoms with Gasteiger partial charge in [0.1, 0.15) is 16.9 Å². The molecule has 0 saturated heterocycles. The molecule has 0 aliphatic carbocycles. The Bertz CT molecular complexity index is 585. The fourth-order valence-electron chi connectivity index (χ4n) is 1.53. The lowest BCUT2D eigenvalue weighted by Gasteiger charge is -2.08. The highest BCUT2D eigenvalue weighted by Gasteiger charge is 2.14. The molecule has 0 unspecified atom stereocenters. The Morgan fingerprint density at radius 2 is 1.81 bits per heavy atom. The number of fused-ring (bicyclic) bond motifs is 1. The summed E-state index contributed by atoms with van der Waals surface area (Å²) in [5.41, 5.74) is -0.469. The molecule has 1 heterocycles. The Hall–Kier alpha value is -2.17. The predicted octanol–water partition coefficient (Wildman–Crippen LogP) is 1.52. The van der Waals surface area contributed by atoms with Gasteiger partial charge >= 0.3 is 5.63 Å². The van der Waals surface area contributed by atoms with Gasteiger partial charge < -0.3 is 19.0 Å². The molecule has 0 saturated carbocycles. The molecule has 5 nitrogen and oxygen atoms in total.